The fourth-order valence-corrected chi connectivity index (χ4v) is 6.53. The smallest absolute Gasteiger partial charge is 0.227 e. The van der Waals surface area contributed by atoms with Crippen LogP contribution in [0.2, 0.25) is 0 Å². The minimum absolute atomic E-state index is 0.570. The molecule has 4 nitrogen and oxygen atoms in total. The maximum atomic E-state index is 6.63. The third-order valence-electron chi connectivity index (χ3n) is 8.71. The number of para-hydroxylation sites is 2. The third-order valence-corrected chi connectivity index (χ3v) is 8.71. The van der Waals surface area contributed by atoms with E-state index in [4.69, 9.17) is 13.8 Å². The lowest BCUT2D eigenvalue weighted by molar-refractivity contribution is 0.622. The van der Waals surface area contributed by atoms with E-state index < -0.39 is 0 Å². The molecule has 0 N–H and O–H groups in total. The van der Waals surface area contributed by atoms with Gasteiger partial charge in [0, 0.05) is 28.4 Å². The van der Waals surface area contributed by atoms with Gasteiger partial charge < -0.3 is 13.7 Å². The molecule has 2 heterocycles. The number of oxazole rings is 1. The Labute approximate surface area is 271 Å². The number of anilines is 3. The normalized spacial score (nSPS) is 11.4. The molecule has 0 radical (unpaired) electrons. The van der Waals surface area contributed by atoms with Gasteiger partial charge in [-0.15, -0.1) is 0 Å². The molecule has 0 atom stereocenters. The first kappa shape index (κ1) is 27.0. The lowest BCUT2D eigenvalue weighted by Crippen LogP contribution is -2.10. The highest BCUT2D eigenvalue weighted by atomic mass is 16.4. The van der Waals surface area contributed by atoms with E-state index in [1.54, 1.807) is 0 Å². The largest absolute Gasteiger partial charge is 0.456 e. The first-order valence-corrected chi connectivity index (χ1v) is 15.7. The molecule has 0 aliphatic carbocycles. The van der Waals surface area contributed by atoms with Gasteiger partial charge in [0.2, 0.25) is 5.89 Å². The number of nitrogens with zero attached hydrogens (tertiary/aromatic N) is 2. The lowest BCUT2D eigenvalue weighted by Gasteiger charge is -2.26. The van der Waals surface area contributed by atoms with Crippen LogP contribution in [-0.2, 0) is 0 Å². The zero-order valence-corrected chi connectivity index (χ0v) is 25.4. The monoisotopic (exact) mass is 604 g/mol. The summed E-state index contributed by atoms with van der Waals surface area (Å²) in [6.45, 7) is 0. The molecule has 0 unspecified atom stereocenters. The first-order valence-electron chi connectivity index (χ1n) is 15.7. The summed E-state index contributed by atoms with van der Waals surface area (Å²) in [6, 6.07) is 58.5. The van der Waals surface area contributed by atoms with Crippen LogP contribution in [0.5, 0.6) is 0 Å². The van der Waals surface area contributed by atoms with E-state index >= 15 is 0 Å². The van der Waals surface area contributed by atoms with Crippen LogP contribution >= 0.6 is 0 Å². The van der Waals surface area contributed by atoms with Crippen LogP contribution in [-0.4, -0.2) is 4.98 Å². The average Bonchev–Trinajstić information content (AvgIpc) is 3.76. The predicted molar refractivity (Wildman–Crippen MR) is 192 cm³/mol. The number of hydrogen-bond donors (Lipinski definition) is 0. The summed E-state index contributed by atoms with van der Waals surface area (Å²) in [4.78, 5) is 7.39. The number of aromatic nitrogens is 1. The molecule has 0 saturated heterocycles. The summed E-state index contributed by atoms with van der Waals surface area (Å²) >= 11 is 0. The summed E-state index contributed by atoms with van der Waals surface area (Å²) in [5.74, 6) is 0.570. The van der Waals surface area contributed by atoms with Crippen molar-refractivity contribution in [2.75, 3.05) is 4.90 Å². The molecular formula is C43H28N2O2. The van der Waals surface area contributed by atoms with Gasteiger partial charge in [-0.1, -0.05) is 121 Å². The second-order valence-corrected chi connectivity index (χ2v) is 11.6. The van der Waals surface area contributed by atoms with Crippen molar-refractivity contribution in [2.24, 2.45) is 0 Å². The van der Waals surface area contributed by atoms with Crippen LogP contribution in [0.1, 0.15) is 0 Å². The Bertz CT molecular complexity index is 2500. The van der Waals surface area contributed by atoms with E-state index in [9.17, 15) is 0 Å². The lowest BCUT2D eigenvalue weighted by atomic mass is 9.94. The highest BCUT2D eigenvalue weighted by molar-refractivity contribution is 6.20. The maximum absolute atomic E-state index is 6.63. The van der Waals surface area contributed by atoms with Gasteiger partial charge >= 0.3 is 0 Å². The fraction of sp³-hybridized carbons (Fsp3) is 0. The summed E-state index contributed by atoms with van der Waals surface area (Å²) in [6.07, 6.45) is 0. The van der Waals surface area contributed by atoms with Crippen LogP contribution in [0.15, 0.2) is 179 Å². The number of benzene rings is 7. The van der Waals surface area contributed by atoms with Crippen molar-refractivity contribution in [3.8, 4) is 33.7 Å². The molecule has 4 heteroatoms. The van der Waals surface area contributed by atoms with Gasteiger partial charge in [-0.25, -0.2) is 4.98 Å². The molecule has 0 aliphatic heterocycles. The molecule has 0 amide bonds. The van der Waals surface area contributed by atoms with E-state index in [2.05, 4.69) is 120 Å². The zero-order valence-electron chi connectivity index (χ0n) is 25.4. The fourth-order valence-electron chi connectivity index (χ4n) is 6.53. The van der Waals surface area contributed by atoms with Gasteiger partial charge in [0.05, 0.1) is 11.1 Å². The van der Waals surface area contributed by atoms with Crippen LogP contribution < -0.4 is 4.90 Å². The minimum atomic E-state index is 0.570. The number of rotatable bonds is 6. The predicted octanol–water partition coefficient (Wildman–Crippen LogP) is 12.2. The van der Waals surface area contributed by atoms with Crippen molar-refractivity contribution in [3.05, 3.63) is 170 Å². The molecule has 0 spiro atoms. The Morgan fingerprint density at radius 2 is 1.00 bits per heavy atom. The van der Waals surface area contributed by atoms with Gasteiger partial charge in [0.1, 0.15) is 16.7 Å². The summed E-state index contributed by atoms with van der Waals surface area (Å²) in [5.41, 5.74) is 11.6. The molecule has 7 aromatic carbocycles. The summed E-state index contributed by atoms with van der Waals surface area (Å²) in [7, 11) is 0. The van der Waals surface area contributed by atoms with Crippen LogP contribution in [0.3, 0.4) is 0 Å². The van der Waals surface area contributed by atoms with Gasteiger partial charge in [0.15, 0.2) is 5.58 Å². The van der Waals surface area contributed by atoms with Crippen molar-refractivity contribution in [2.45, 2.75) is 0 Å². The SMILES string of the molecule is c1ccc(-c2nc3c(N(c4ccccc4)c4ccc(-c5ccccc5-c5ccccc5)cc4)cc4oc5ccccc5c4c3o2)cc1. The van der Waals surface area contributed by atoms with Gasteiger partial charge in [0.25, 0.3) is 0 Å². The number of fused-ring (bicyclic) bond motifs is 5. The Hall–Kier alpha value is -6.39. The van der Waals surface area contributed by atoms with Gasteiger partial charge in [-0.2, -0.15) is 0 Å². The molecule has 0 fully saturated rings. The summed E-state index contributed by atoms with van der Waals surface area (Å²) < 4.78 is 13.1. The van der Waals surface area contributed by atoms with Crippen molar-refractivity contribution in [1.29, 1.82) is 0 Å². The topological polar surface area (TPSA) is 42.4 Å². The van der Waals surface area contributed by atoms with Crippen LogP contribution in [0.25, 0.3) is 66.7 Å². The highest BCUT2D eigenvalue weighted by Gasteiger charge is 2.25. The van der Waals surface area contributed by atoms with E-state index in [1.807, 2.05) is 54.6 Å². The second kappa shape index (κ2) is 11.2. The Morgan fingerprint density at radius 3 is 1.70 bits per heavy atom. The van der Waals surface area contributed by atoms with Crippen LogP contribution in [0, 0.1) is 0 Å². The Kier molecular flexibility index (Phi) is 6.43. The molecule has 222 valence electrons. The second-order valence-electron chi connectivity index (χ2n) is 11.6. The van der Waals surface area contributed by atoms with E-state index in [-0.39, 0.29) is 0 Å². The average molecular weight is 605 g/mol. The highest BCUT2D eigenvalue weighted by Crippen LogP contribution is 2.46. The molecule has 0 aliphatic rings. The Morgan fingerprint density at radius 1 is 0.447 bits per heavy atom. The quantitative estimate of drug-likeness (QED) is 0.189. The summed E-state index contributed by atoms with van der Waals surface area (Å²) in [5, 5.41) is 1.93. The van der Waals surface area contributed by atoms with Crippen molar-refractivity contribution < 1.29 is 8.83 Å². The molecule has 2 aromatic heterocycles. The van der Waals surface area contributed by atoms with Crippen molar-refractivity contribution >= 4 is 50.1 Å². The Balaban J connectivity index is 1.26. The van der Waals surface area contributed by atoms with Gasteiger partial charge in [-0.05, 0) is 64.7 Å². The number of hydrogen-bond acceptors (Lipinski definition) is 4. The minimum Gasteiger partial charge on any atom is -0.456 e. The van der Waals surface area contributed by atoms with Crippen molar-refractivity contribution in [1.82, 2.24) is 4.98 Å². The standard InChI is InChI=1S/C43H28N2O2/c1-4-14-29(15-5-1)34-20-10-11-21-35(34)30-24-26-33(27-25-30)45(32-18-8-3-9-19-32)37-28-39-40(36-22-12-13-23-38(36)46-39)42-41(37)44-43(47-42)31-16-6-2-7-17-31/h1-28H. The van der Waals surface area contributed by atoms with E-state index in [0.29, 0.717) is 11.5 Å². The molecule has 0 bridgehead atoms. The van der Waals surface area contributed by atoms with E-state index in [1.165, 1.54) is 16.7 Å². The zero-order chi connectivity index (χ0) is 31.2. The molecule has 47 heavy (non-hydrogen) atoms. The van der Waals surface area contributed by atoms with Gasteiger partial charge in [-0.3, -0.25) is 0 Å². The van der Waals surface area contributed by atoms with Crippen molar-refractivity contribution in [3.63, 3.8) is 0 Å². The first-order chi connectivity index (χ1) is 23.3. The molecule has 9 aromatic rings. The third kappa shape index (κ3) is 4.66. The molecule has 9 rings (SSSR count). The maximum Gasteiger partial charge on any atom is 0.227 e. The number of furan rings is 1. The van der Waals surface area contributed by atoms with E-state index in [0.717, 1.165) is 55.6 Å². The van der Waals surface area contributed by atoms with Crippen LogP contribution in [0.4, 0.5) is 17.1 Å². The molecular weight excluding hydrogens is 576 g/mol. The molecule has 0 saturated carbocycles.